The Morgan fingerprint density at radius 3 is 2.64 bits per heavy atom. The van der Waals surface area contributed by atoms with Gasteiger partial charge in [0.2, 0.25) is 0 Å². The van der Waals surface area contributed by atoms with Crippen LogP contribution in [0.1, 0.15) is 71.6 Å². The molecule has 2 N–H and O–H groups in total. The first-order valence-electron chi connectivity index (χ1n) is 11.6. The molecule has 3 unspecified atom stereocenters. The summed E-state index contributed by atoms with van der Waals surface area (Å²) in [5.74, 6) is 0.996. The Balaban J connectivity index is 1.46. The predicted molar refractivity (Wildman–Crippen MR) is 113 cm³/mol. The molecule has 0 amide bonds. The number of guanidine groups is 1. The quantitative estimate of drug-likeness (QED) is 0.535. The summed E-state index contributed by atoms with van der Waals surface area (Å²) >= 11 is 0. The average molecular weight is 396 g/mol. The molecule has 1 saturated carbocycles. The molecule has 0 aromatic heterocycles. The number of nitrogens with zero attached hydrogens (tertiary/aromatic N) is 2. The second-order valence-electron chi connectivity index (χ2n) is 9.09. The van der Waals surface area contributed by atoms with Gasteiger partial charge in [-0.25, -0.2) is 0 Å². The Bertz CT molecular complexity index is 487. The van der Waals surface area contributed by atoms with Gasteiger partial charge in [0.1, 0.15) is 0 Å². The fourth-order valence-corrected chi connectivity index (χ4v) is 4.66. The zero-order valence-corrected chi connectivity index (χ0v) is 18.0. The second kappa shape index (κ2) is 10.8. The van der Waals surface area contributed by atoms with Gasteiger partial charge in [-0.15, -0.1) is 0 Å². The Hall–Kier alpha value is -0.850. The predicted octanol–water partition coefficient (Wildman–Crippen LogP) is 2.94. The summed E-state index contributed by atoms with van der Waals surface area (Å²) in [5, 5.41) is 13.9. The molecule has 1 aliphatic carbocycles. The molecule has 0 radical (unpaired) electrons. The van der Waals surface area contributed by atoms with Crippen LogP contribution in [0.25, 0.3) is 0 Å². The topological polar surface area (TPSA) is 66.3 Å². The van der Waals surface area contributed by atoms with Crippen LogP contribution in [0.2, 0.25) is 0 Å². The molecule has 0 aromatic carbocycles. The fraction of sp³-hybridized carbons (Fsp3) is 0.955. The largest absolute Gasteiger partial charge is 0.392 e. The minimum atomic E-state index is -0.228. The molecule has 2 aliphatic heterocycles. The number of likely N-dealkylation sites (tertiary alicyclic amines) is 1. The highest BCUT2D eigenvalue weighted by molar-refractivity contribution is 5.80. The van der Waals surface area contributed by atoms with Crippen molar-refractivity contribution >= 4 is 5.96 Å². The first-order valence-corrected chi connectivity index (χ1v) is 11.6. The van der Waals surface area contributed by atoms with Crippen LogP contribution in [-0.2, 0) is 9.47 Å². The highest BCUT2D eigenvalue weighted by Gasteiger charge is 2.35. The van der Waals surface area contributed by atoms with Gasteiger partial charge in [0.25, 0.3) is 0 Å². The third kappa shape index (κ3) is 6.07. The first-order chi connectivity index (χ1) is 13.6. The Morgan fingerprint density at radius 2 is 1.96 bits per heavy atom. The number of hydrogen-bond acceptors (Lipinski definition) is 4. The molecule has 162 valence electrons. The van der Waals surface area contributed by atoms with E-state index in [2.05, 4.69) is 24.1 Å². The van der Waals surface area contributed by atoms with Crippen LogP contribution in [0.15, 0.2) is 4.99 Å². The van der Waals surface area contributed by atoms with Crippen molar-refractivity contribution in [1.82, 2.24) is 10.2 Å². The van der Waals surface area contributed by atoms with Crippen molar-refractivity contribution in [2.24, 2.45) is 10.4 Å². The van der Waals surface area contributed by atoms with Gasteiger partial charge in [-0.2, -0.15) is 0 Å². The second-order valence-corrected chi connectivity index (χ2v) is 9.09. The summed E-state index contributed by atoms with van der Waals surface area (Å²) in [6.45, 7) is 9.46. The van der Waals surface area contributed by atoms with Gasteiger partial charge in [0.05, 0.1) is 31.5 Å². The number of rotatable bonds is 6. The van der Waals surface area contributed by atoms with Crippen LogP contribution in [0, 0.1) is 5.41 Å². The van der Waals surface area contributed by atoms with E-state index in [1.807, 2.05) is 0 Å². The summed E-state index contributed by atoms with van der Waals surface area (Å²) in [5.41, 5.74) is -0.0830. The minimum absolute atomic E-state index is 0.0830. The van der Waals surface area contributed by atoms with Crippen molar-refractivity contribution in [3.63, 3.8) is 0 Å². The molecule has 0 spiro atoms. The van der Waals surface area contributed by atoms with Gasteiger partial charge in [-0.3, -0.25) is 4.99 Å². The van der Waals surface area contributed by atoms with E-state index in [1.54, 1.807) is 0 Å². The lowest BCUT2D eigenvalue weighted by Gasteiger charge is -2.38. The van der Waals surface area contributed by atoms with E-state index < -0.39 is 0 Å². The third-order valence-corrected chi connectivity index (χ3v) is 6.74. The van der Waals surface area contributed by atoms with Crippen LogP contribution in [-0.4, -0.2) is 73.7 Å². The summed E-state index contributed by atoms with van der Waals surface area (Å²) in [6, 6.07) is 0. The summed E-state index contributed by atoms with van der Waals surface area (Å²) < 4.78 is 11.9. The fourth-order valence-electron chi connectivity index (χ4n) is 4.66. The van der Waals surface area contributed by atoms with Crippen LogP contribution in [0.4, 0.5) is 0 Å². The number of aliphatic hydroxyl groups excluding tert-OH is 1. The van der Waals surface area contributed by atoms with Gasteiger partial charge in [-0.05, 0) is 51.9 Å². The van der Waals surface area contributed by atoms with Crippen molar-refractivity contribution in [3.8, 4) is 0 Å². The lowest BCUT2D eigenvalue weighted by Crippen LogP contribution is -2.48. The van der Waals surface area contributed by atoms with Crippen molar-refractivity contribution in [1.29, 1.82) is 0 Å². The number of nitrogens with one attached hydrogen (secondary N) is 1. The molecular formula is C22H41N3O3. The molecule has 3 aliphatic rings. The Kier molecular flexibility index (Phi) is 8.42. The molecule has 0 aromatic rings. The van der Waals surface area contributed by atoms with Gasteiger partial charge in [-0.1, -0.05) is 19.8 Å². The Labute approximate surface area is 171 Å². The molecule has 2 heterocycles. The molecule has 2 saturated heterocycles. The van der Waals surface area contributed by atoms with E-state index in [-0.39, 0.29) is 11.5 Å². The zero-order chi connectivity index (χ0) is 19.8. The van der Waals surface area contributed by atoms with E-state index in [0.29, 0.717) is 18.8 Å². The molecule has 6 heteroatoms. The van der Waals surface area contributed by atoms with Gasteiger partial charge < -0.3 is 24.8 Å². The number of aliphatic imine (C=N–C) groups is 1. The SMILES string of the molecule is CCNC(=NCC1(C)CCCCC1O)N1CCC(OCC2CCCCO2)CC1. The average Bonchev–Trinajstić information content (AvgIpc) is 2.73. The van der Waals surface area contributed by atoms with Gasteiger partial charge in [0, 0.05) is 31.7 Å². The van der Waals surface area contributed by atoms with Crippen LogP contribution in [0.3, 0.4) is 0 Å². The van der Waals surface area contributed by atoms with Crippen molar-refractivity contribution in [2.45, 2.75) is 89.9 Å². The third-order valence-electron chi connectivity index (χ3n) is 6.74. The molecule has 6 nitrogen and oxygen atoms in total. The number of aliphatic hydroxyl groups is 1. The minimum Gasteiger partial charge on any atom is -0.392 e. The van der Waals surface area contributed by atoms with Gasteiger partial charge in [0.15, 0.2) is 5.96 Å². The summed E-state index contributed by atoms with van der Waals surface area (Å²) in [7, 11) is 0. The molecule has 3 rings (SSSR count). The number of ether oxygens (including phenoxy) is 2. The summed E-state index contributed by atoms with van der Waals surface area (Å²) in [6.07, 6.45) is 10.4. The van der Waals surface area contributed by atoms with E-state index in [0.717, 1.165) is 77.3 Å². The molecule has 28 heavy (non-hydrogen) atoms. The van der Waals surface area contributed by atoms with Crippen molar-refractivity contribution in [3.05, 3.63) is 0 Å². The maximum Gasteiger partial charge on any atom is 0.193 e. The number of hydrogen-bond donors (Lipinski definition) is 2. The van der Waals surface area contributed by atoms with Gasteiger partial charge >= 0.3 is 0 Å². The maximum atomic E-state index is 10.5. The van der Waals surface area contributed by atoms with E-state index in [1.165, 1.54) is 19.3 Å². The molecule has 3 fully saturated rings. The zero-order valence-electron chi connectivity index (χ0n) is 18.0. The highest BCUT2D eigenvalue weighted by atomic mass is 16.5. The molecule has 3 atom stereocenters. The van der Waals surface area contributed by atoms with Crippen LogP contribution < -0.4 is 5.32 Å². The maximum absolute atomic E-state index is 10.5. The summed E-state index contributed by atoms with van der Waals surface area (Å²) in [4.78, 5) is 7.30. The Morgan fingerprint density at radius 1 is 1.18 bits per heavy atom. The van der Waals surface area contributed by atoms with Crippen LogP contribution >= 0.6 is 0 Å². The number of piperidine rings is 1. The highest BCUT2D eigenvalue weighted by Crippen LogP contribution is 2.36. The van der Waals surface area contributed by atoms with E-state index in [9.17, 15) is 5.11 Å². The lowest BCUT2D eigenvalue weighted by molar-refractivity contribution is -0.0721. The first kappa shape index (κ1) is 21.8. The van der Waals surface area contributed by atoms with E-state index >= 15 is 0 Å². The van der Waals surface area contributed by atoms with Crippen LogP contribution in [0.5, 0.6) is 0 Å². The standard InChI is InChI=1S/C22H41N3O3/c1-3-23-21(24-17-22(2)12-6-4-9-20(22)26)25-13-10-18(11-14-25)28-16-19-8-5-7-15-27-19/h18-20,26H,3-17H2,1-2H3,(H,23,24). The lowest BCUT2D eigenvalue weighted by atomic mass is 9.73. The van der Waals surface area contributed by atoms with Crippen molar-refractivity contribution in [2.75, 3.05) is 39.4 Å². The molecule has 0 bridgehead atoms. The monoisotopic (exact) mass is 395 g/mol. The van der Waals surface area contributed by atoms with Crippen molar-refractivity contribution < 1.29 is 14.6 Å². The van der Waals surface area contributed by atoms with E-state index in [4.69, 9.17) is 14.5 Å². The smallest absolute Gasteiger partial charge is 0.193 e. The normalized spacial score (nSPS) is 33.1. The molecular weight excluding hydrogens is 354 g/mol.